The average molecular weight is 296 g/mol. The Morgan fingerprint density at radius 1 is 1.11 bits per heavy atom. The number of esters is 1. The zero-order valence-corrected chi connectivity index (χ0v) is 11.4. The van der Waals surface area contributed by atoms with Crippen molar-refractivity contribution in [1.29, 1.82) is 0 Å². The lowest BCUT2D eigenvalue weighted by atomic mass is 10.2. The standard InChI is InChI=1S/C14H11Cl2NO2/c15-11-4-2-1-3-10(11)8-19-14(18)9-5-6-12(16)13(17)7-9/h1-7H,8,17H2. The number of rotatable bonds is 3. The number of ether oxygens (including phenoxy) is 1. The molecule has 0 heterocycles. The van der Waals surface area contributed by atoms with Gasteiger partial charge in [-0.05, 0) is 24.3 Å². The summed E-state index contributed by atoms with van der Waals surface area (Å²) < 4.78 is 5.17. The predicted octanol–water partition coefficient (Wildman–Crippen LogP) is 3.93. The highest BCUT2D eigenvalue weighted by Gasteiger charge is 2.10. The van der Waals surface area contributed by atoms with Crippen LogP contribution in [0.3, 0.4) is 0 Å². The number of nitrogen functional groups attached to an aromatic ring is 1. The van der Waals surface area contributed by atoms with E-state index in [0.29, 0.717) is 21.3 Å². The van der Waals surface area contributed by atoms with Crippen LogP contribution >= 0.6 is 23.2 Å². The number of carbonyl (C=O) groups excluding carboxylic acids is 1. The molecule has 0 fully saturated rings. The molecule has 3 nitrogen and oxygen atoms in total. The molecule has 0 aliphatic heterocycles. The summed E-state index contributed by atoms with van der Waals surface area (Å²) >= 11 is 11.8. The quantitative estimate of drug-likeness (QED) is 0.689. The number of halogens is 2. The molecule has 0 atom stereocenters. The van der Waals surface area contributed by atoms with Crippen LogP contribution in [-0.4, -0.2) is 5.97 Å². The molecule has 19 heavy (non-hydrogen) atoms. The van der Waals surface area contributed by atoms with Crippen LogP contribution in [0.15, 0.2) is 42.5 Å². The first kappa shape index (κ1) is 13.7. The van der Waals surface area contributed by atoms with E-state index in [2.05, 4.69) is 0 Å². The molecule has 0 spiro atoms. The Morgan fingerprint density at radius 3 is 2.53 bits per heavy atom. The molecule has 0 unspecified atom stereocenters. The van der Waals surface area contributed by atoms with Gasteiger partial charge in [-0.25, -0.2) is 4.79 Å². The Morgan fingerprint density at radius 2 is 1.84 bits per heavy atom. The molecule has 0 amide bonds. The number of nitrogens with two attached hydrogens (primary N) is 1. The van der Waals surface area contributed by atoms with Crippen molar-refractivity contribution in [2.45, 2.75) is 6.61 Å². The Bertz CT molecular complexity index is 614. The van der Waals surface area contributed by atoms with Gasteiger partial charge in [0.2, 0.25) is 0 Å². The van der Waals surface area contributed by atoms with Gasteiger partial charge < -0.3 is 10.5 Å². The molecule has 5 heteroatoms. The van der Waals surface area contributed by atoms with E-state index >= 15 is 0 Å². The molecule has 2 rings (SSSR count). The minimum absolute atomic E-state index is 0.112. The molecule has 0 aromatic heterocycles. The molecular weight excluding hydrogens is 285 g/mol. The fourth-order valence-electron chi connectivity index (χ4n) is 1.51. The van der Waals surface area contributed by atoms with Gasteiger partial charge in [0.25, 0.3) is 0 Å². The van der Waals surface area contributed by atoms with Gasteiger partial charge in [-0.1, -0.05) is 41.4 Å². The highest BCUT2D eigenvalue weighted by molar-refractivity contribution is 6.33. The van der Waals surface area contributed by atoms with Crippen molar-refractivity contribution in [1.82, 2.24) is 0 Å². The fraction of sp³-hybridized carbons (Fsp3) is 0.0714. The van der Waals surface area contributed by atoms with Crippen molar-refractivity contribution >= 4 is 34.9 Å². The van der Waals surface area contributed by atoms with E-state index in [4.69, 9.17) is 33.7 Å². The Kier molecular flexibility index (Phi) is 4.30. The largest absolute Gasteiger partial charge is 0.457 e. The molecule has 0 aliphatic carbocycles. The van der Waals surface area contributed by atoms with Gasteiger partial charge in [-0.2, -0.15) is 0 Å². The number of carbonyl (C=O) groups is 1. The third-order valence-corrected chi connectivity index (χ3v) is 3.26. The summed E-state index contributed by atoms with van der Waals surface area (Å²) in [6.45, 7) is 0.112. The predicted molar refractivity (Wildman–Crippen MR) is 76.4 cm³/mol. The van der Waals surface area contributed by atoms with E-state index in [1.807, 2.05) is 12.1 Å². The van der Waals surface area contributed by atoms with Crippen molar-refractivity contribution in [3.63, 3.8) is 0 Å². The molecule has 98 valence electrons. The van der Waals surface area contributed by atoms with Crippen LogP contribution < -0.4 is 5.73 Å². The summed E-state index contributed by atoms with van der Waals surface area (Å²) in [7, 11) is 0. The van der Waals surface area contributed by atoms with Crippen LogP contribution in [0.1, 0.15) is 15.9 Å². The van der Waals surface area contributed by atoms with Gasteiger partial charge in [0.1, 0.15) is 6.61 Å². The average Bonchev–Trinajstić information content (AvgIpc) is 2.40. The number of benzene rings is 2. The molecule has 0 aliphatic rings. The fourth-order valence-corrected chi connectivity index (χ4v) is 1.82. The molecule has 0 bridgehead atoms. The molecule has 0 saturated carbocycles. The SMILES string of the molecule is Nc1cc(C(=O)OCc2ccccc2Cl)ccc1Cl. The summed E-state index contributed by atoms with van der Waals surface area (Å²) in [6, 6.07) is 11.8. The second kappa shape index (κ2) is 5.95. The van der Waals surface area contributed by atoms with Gasteiger partial charge in [0.05, 0.1) is 16.3 Å². The van der Waals surface area contributed by atoms with Gasteiger partial charge in [0, 0.05) is 10.6 Å². The number of anilines is 1. The minimum Gasteiger partial charge on any atom is -0.457 e. The smallest absolute Gasteiger partial charge is 0.338 e. The highest BCUT2D eigenvalue weighted by atomic mass is 35.5. The Balaban J connectivity index is 2.05. The molecule has 2 aromatic rings. The maximum absolute atomic E-state index is 11.8. The third kappa shape index (κ3) is 3.40. The van der Waals surface area contributed by atoms with Gasteiger partial charge in [0.15, 0.2) is 0 Å². The molecule has 2 N–H and O–H groups in total. The summed E-state index contributed by atoms with van der Waals surface area (Å²) in [5.74, 6) is -0.469. The first-order chi connectivity index (χ1) is 9.08. The van der Waals surface area contributed by atoms with E-state index < -0.39 is 5.97 Å². The van der Waals surface area contributed by atoms with Crippen LogP contribution in [0.5, 0.6) is 0 Å². The zero-order valence-electron chi connectivity index (χ0n) is 9.90. The monoisotopic (exact) mass is 295 g/mol. The van der Waals surface area contributed by atoms with Gasteiger partial charge >= 0.3 is 5.97 Å². The lowest BCUT2D eigenvalue weighted by molar-refractivity contribution is 0.0473. The summed E-state index contributed by atoms with van der Waals surface area (Å²) in [4.78, 5) is 11.8. The lowest BCUT2D eigenvalue weighted by Crippen LogP contribution is -2.06. The van der Waals surface area contributed by atoms with E-state index in [1.165, 1.54) is 6.07 Å². The first-order valence-corrected chi connectivity index (χ1v) is 6.29. The normalized spacial score (nSPS) is 10.2. The van der Waals surface area contributed by atoms with Crippen molar-refractivity contribution < 1.29 is 9.53 Å². The Hall–Kier alpha value is -1.71. The molecular formula is C14H11Cl2NO2. The topological polar surface area (TPSA) is 52.3 Å². The van der Waals surface area contributed by atoms with Crippen LogP contribution in [-0.2, 0) is 11.3 Å². The second-order valence-corrected chi connectivity index (χ2v) is 4.72. The first-order valence-electron chi connectivity index (χ1n) is 5.53. The van der Waals surface area contributed by atoms with Crippen LogP contribution in [0.25, 0.3) is 0 Å². The Labute approximate surface area is 120 Å². The van der Waals surface area contributed by atoms with Crippen molar-refractivity contribution in [3.8, 4) is 0 Å². The van der Waals surface area contributed by atoms with E-state index in [9.17, 15) is 4.79 Å². The number of hydrogen-bond donors (Lipinski definition) is 1. The summed E-state index contributed by atoms with van der Waals surface area (Å²) in [5.41, 5.74) is 7.08. The van der Waals surface area contributed by atoms with Crippen molar-refractivity contribution in [3.05, 3.63) is 63.6 Å². The van der Waals surface area contributed by atoms with E-state index in [1.54, 1.807) is 24.3 Å². The van der Waals surface area contributed by atoms with E-state index in [-0.39, 0.29) is 6.61 Å². The summed E-state index contributed by atoms with van der Waals surface area (Å²) in [6.07, 6.45) is 0. The number of hydrogen-bond acceptors (Lipinski definition) is 3. The minimum atomic E-state index is -0.469. The van der Waals surface area contributed by atoms with Gasteiger partial charge in [-0.3, -0.25) is 0 Å². The lowest BCUT2D eigenvalue weighted by Gasteiger charge is -2.07. The maximum Gasteiger partial charge on any atom is 0.338 e. The molecule has 0 radical (unpaired) electrons. The summed E-state index contributed by atoms with van der Waals surface area (Å²) in [5, 5.41) is 0.966. The molecule has 2 aromatic carbocycles. The maximum atomic E-state index is 11.8. The van der Waals surface area contributed by atoms with E-state index in [0.717, 1.165) is 5.56 Å². The zero-order chi connectivity index (χ0) is 13.8. The van der Waals surface area contributed by atoms with Gasteiger partial charge in [-0.15, -0.1) is 0 Å². The van der Waals surface area contributed by atoms with Crippen molar-refractivity contribution in [2.24, 2.45) is 0 Å². The molecule has 0 saturated heterocycles. The van der Waals surface area contributed by atoms with Crippen molar-refractivity contribution in [2.75, 3.05) is 5.73 Å². The third-order valence-electron chi connectivity index (χ3n) is 2.55. The second-order valence-electron chi connectivity index (χ2n) is 3.90. The van der Waals surface area contributed by atoms with Crippen LogP contribution in [0, 0.1) is 0 Å². The highest BCUT2D eigenvalue weighted by Crippen LogP contribution is 2.21. The van der Waals surface area contributed by atoms with Crippen LogP contribution in [0.2, 0.25) is 10.0 Å². The van der Waals surface area contributed by atoms with Crippen LogP contribution in [0.4, 0.5) is 5.69 Å².